The van der Waals surface area contributed by atoms with Gasteiger partial charge in [-0.2, -0.15) is 0 Å². The molecule has 1 heteroatoms. The Hall–Kier alpha value is 0.662. The van der Waals surface area contributed by atoms with Crippen LogP contribution in [0.5, 0.6) is 0 Å². The van der Waals surface area contributed by atoms with Crippen LogP contribution in [0.4, 0.5) is 0 Å². The maximum Gasteiger partial charge on any atom is 0 e. The van der Waals surface area contributed by atoms with Crippen molar-refractivity contribution in [3.05, 3.63) is 12.7 Å². The van der Waals surface area contributed by atoms with Crippen LogP contribution >= 0.6 is 0 Å². The molecule has 0 heterocycles. The molecule has 0 aromatic rings. The van der Waals surface area contributed by atoms with Gasteiger partial charge >= 0.3 is 0 Å². The third kappa shape index (κ3) is 12.0. The first-order valence-electron chi connectivity index (χ1n) is 3.52. The minimum Gasteiger partial charge on any atom is -0.103 e. The van der Waals surface area contributed by atoms with Crippen LogP contribution in [-0.2, 0) is 0 Å². The van der Waals surface area contributed by atoms with Crippen molar-refractivity contribution in [1.82, 2.24) is 0 Å². The molecule has 0 atom stereocenters. The van der Waals surface area contributed by atoms with E-state index >= 15 is 0 Å². The van der Waals surface area contributed by atoms with Crippen molar-refractivity contribution in [2.45, 2.75) is 39.0 Å². The summed E-state index contributed by atoms with van der Waals surface area (Å²) in [6.07, 6.45) is 8.61. The summed E-state index contributed by atoms with van der Waals surface area (Å²) in [6.45, 7) is 5.89. The normalized spacial score (nSPS) is 8.11. The van der Waals surface area contributed by atoms with E-state index in [0.717, 1.165) is 0 Å². The van der Waals surface area contributed by atoms with Crippen molar-refractivity contribution >= 4 is 27.3 Å². The van der Waals surface area contributed by atoms with Crippen LogP contribution in [0, 0.1) is 0 Å². The molecule has 0 saturated carbocycles. The molecular formula is C8H16Pb. The molecule has 0 spiro atoms. The van der Waals surface area contributed by atoms with E-state index in [1.165, 1.54) is 32.1 Å². The van der Waals surface area contributed by atoms with Crippen LogP contribution in [0.3, 0.4) is 0 Å². The average Bonchev–Trinajstić information content (AvgIpc) is 1.81. The Morgan fingerprint density at radius 2 is 1.89 bits per heavy atom. The second kappa shape index (κ2) is 11.5. The smallest absolute Gasteiger partial charge is 0 e. The molecule has 0 fully saturated rings. The predicted octanol–water partition coefficient (Wildman–Crippen LogP) is 2.76. The van der Waals surface area contributed by atoms with E-state index < -0.39 is 0 Å². The monoisotopic (exact) mass is 320 g/mol. The maximum absolute atomic E-state index is 3.66. The maximum atomic E-state index is 3.66. The number of rotatable bonds is 5. The summed E-state index contributed by atoms with van der Waals surface area (Å²) in [5.41, 5.74) is 0. The molecule has 0 aromatic heterocycles. The van der Waals surface area contributed by atoms with E-state index in [4.69, 9.17) is 0 Å². The Morgan fingerprint density at radius 3 is 2.33 bits per heavy atom. The third-order valence-corrected chi connectivity index (χ3v) is 1.26. The largest absolute Gasteiger partial charge is 0.103 e. The number of hydrogen-bond donors (Lipinski definition) is 0. The van der Waals surface area contributed by atoms with Crippen molar-refractivity contribution in [3.63, 3.8) is 0 Å². The van der Waals surface area contributed by atoms with E-state index in [2.05, 4.69) is 13.5 Å². The minimum atomic E-state index is 0. The fourth-order valence-corrected chi connectivity index (χ4v) is 0.715. The van der Waals surface area contributed by atoms with Gasteiger partial charge in [-0.25, -0.2) is 0 Å². The molecule has 4 radical (unpaired) electrons. The van der Waals surface area contributed by atoms with Crippen LogP contribution in [-0.4, -0.2) is 27.3 Å². The van der Waals surface area contributed by atoms with E-state index in [1.54, 1.807) is 0 Å². The van der Waals surface area contributed by atoms with Gasteiger partial charge in [0.05, 0.1) is 0 Å². The molecule has 0 aliphatic heterocycles. The average molecular weight is 319 g/mol. The quantitative estimate of drug-likeness (QED) is 0.415. The minimum absolute atomic E-state index is 0. The Labute approximate surface area is 78.9 Å². The van der Waals surface area contributed by atoms with Gasteiger partial charge in [0.2, 0.25) is 0 Å². The first kappa shape index (κ1) is 12.3. The predicted molar refractivity (Wildman–Crippen MR) is 44.7 cm³/mol. The van der Waals surface area contributed by atoms with Gasteiger partial charge in [0.15, 0.2) is 0 Å². The van der Waals surface area contributed by atoms with Crippen LogP contribution in [0.2, 0.25) is 0 Å². The second-order valence-corrected chi connectivity index (χ2v) is 2.14. The van der Waals surface area contributed by atoms with Crippen LogP contribution in [0.25, 0.3) is 0 Å². The zero-order valence-electron chi connectivity index (χ0n) is 6.32. The molecule has 0 nitrogen and oxygen atoms in total. The van der Waals surface area contributed by atoms with Crippen LogP contribution < -0.4 is 0 Å². The summed E-state index contributed by atoms with van der Waals surface area (Å²) >= 11 is 0. The van der Waals surface area contributed by atoms with Crippen molar-refractivity contribution in [3.8, 4) is 0 Å². The Bertz CT molecular complexity index is 50.5. The molecule has 0 rings (SSSR count). The van der Waals surface area contributed by atoms with Gasteiger partial charge in [0.1, 0.15) is 0 Å². The molecule has 0 amide bonds. The number of unbranched alkanes of at least 4 members (excludes halogenated alkanes) is 4. The Morgan fingerprint density at radius 1 is 1.22 bits per heavy atom. The number of hydrogen-bond acceptors (Lipinski definition) is 0. The van der Waals surface area contributed by atoms with Gasteiger partial charge in [-0.05, 0) is 12.8 Å². The van der Waals surface area contributed by atoms with Gasteiger partial charge in [0, 0.05) is 27.3 Å². The Balaban J connectivity index is 0. The summed E-state index contributed by atoms with van der Waals surface area (Å²) < 4.78 is 0. The van der Waals surface area contributed by atoms with Gasteiger partial charge < -0.3 is 0 Å². The SMILES string of the molecule is C=CCCCCCC.[Pb]. The van der Waals surface area contributed by atoms with Gasteiger partial charge in [-0.15, -0.1) is 6.58 Å². The van der Waals surface area contributed by atoms with Crippen molar-refractivity contribution < 1.29 is 0 Å². The molecule has 52 valence electrons. The van der Waals surface area contributed by atoms with E-state index in [1.807, 2.05) is 6.08 Å². The standard InChI is InChI=1S/C8H16.Pb/c1-3-5-7-8-6-4-2;/h3H,1,4-8H2,2H3;. The third-order valence-electron chi connectivity index (χ3n) is 1.26. The van der Waals surface area contributed by atoms with Gasteiger partial charge in [0.25, 0.3) is 0 Å². The molecule has 0 N–H and O–H groups in total. The van der Waals surface area contributed by atoms with Gasteiger partial charge in [-0.1, -0.05) is 32.3 Å². The van der Waals surface area contributed by atoms with E-state index in [0.29, 0.717) is 0 Å². The Kier molecular flexibility index (Phi) is 15.7. The zero-order chi connectivity index (χ0) is 6.24. The second-order valence-electron chi connectivity index (χ2n) is 2.14. The van der Waals surface area contributed by atoms with Crippen LogP contribution in [0.1, 0.15) is 39.0 Å². The molecule has 0 saturated heterocycles. The van der Waals surface area contributed by atoms with E-state index in [9.17, 15) is 0 Å². The topological polar surface area (TPSA) is 0 Å². The summed E-state index contributed by atoms with van der Waals surface area (Å²) in [6, 6.07) is 0. The summed E-state index contributed by atoms with van der Waals surface area (Å²) in [5, 5.41) is 0. The molecule has 0 bridgehead atoms. The summed E-state index contributed by atoms with van der Waals surface area (Å²) in [4.78, 5) is 0. The molecule has 0 aromatic carbocycles. The summed E-state index contributed by atoms with van der Waals surface area (Å²) in [7, 11) is 0. The first-order chi connectivity index (χ1) is 3.91. The van der Waals surface area contributed by atoms with Gasteiger partial charge in [-0.3, -0.25) is 0 Å². The summed E-state index contributed by atoms with van der Waals surface area (Å²) in [5.74, 6) is 0. The zero-order valence-corrected chi connectivity index (χ0v) is 10.2. The van der Waals surface area contributed by atoms with Crippen LogP contribution in [0.15, 0.2) is 12.7 Å². The van der Waals surface area contributed by atoms with Crippen molar-refractivity contribution in [2.75, 3.05) is 0 Å². The van der Waals surface area contributed by atoms with Crippen molar-refractivity contribution in [1.29, 1.82) is 0 Å². The number of allylic oxidation sites excluding steroid dienone is 1. The first-order valence-corrected chi connectivity index (χ1v) is 3.52. The van der Waals surface area contributed by atoms with E-state index in [-0.39, 0.29) is 27.3 Å². The fourth-order valence-electron chi connectivity index (χ4n) is 0.715. The fraction of sp³-hybridized carbons (Fsp3) is 0.750. The molecule has 0 aliphatic carbocycles. The molecule has 9 heavy (non-hydrogen) atoms. The molecule has 0 unspecified atom stereocenters. The van der Waals surface area contributed by atoms with Crippen molar-refractivity contribution in [2.24, 2.45) is 0 Å². The molecular weight excluding hydrogens is 303 g/mol. The molecule has 0 aliphatic rings.